The molecular weight excluding hydrogens is 282 g/mol. The molecule has 1 aromatic carbocycles. The Morgan fingerprint density at radius 3 is 2.31 bits per heavy atom. The summed E-state index contributed by atoms with van der Waals surface area (Å²) in [5.74, 6) is -1.75. The maximum atomic E-state index is 13.5. The van der Waals surface area contributed by atoms with Crippen molar-refractivity contribution in [1.82, 2.24) is 0 Å². The monoisotopic (exact) mass is 294 g/mol. The highest BCUT2D eigenvalue weighted by molar-refractivity contribution is 9.08. The van der Waals surface area contributed by atoms with Gasteiger partial charge in [0.15, 0.2) is 17.4 Å². The van der Waals surface area contributed by atoms with Crippen LogP contribution in [0.1, 0.15) is 12.5 Å². The zero-order valence-corrected chi connectivity index (χ0v) is 10.7. The number of alkyl halides is 1. The van der Waals surface area contributed by atoms with Gasteiger partial charge < -0.3 is 9.47 Å². The minimum atomic E-state index is -0.697. The predicted octanol–water partition coefficient (Wildman–Crippen LogP) is 3.27. The van der Waals surface area contributed by atoms with E-state index in [9.17, 15) is 8.78 Å². The summed E-state index contributed by atoms with van der Waals surface area (Å²) in [4.78, 5) is 0. The molecule has 0 heterocycles. The first-order valence-electron chi connectivity index (χ1n) is 4.78. The van der Waals surface area contributed by atoms with E-state index in [0.29, 0.717) is 10.9 Å². The van der Waals surface area contributed by atoms with E-state index in [1.54, 1.807) is 6.92 Å². The van der Waals surface area contributed by atoms with Crippen LogP contribution in [0, 0.1) is 11.6 Å². The number of hydrogen-bond donors (Lipinski definition) is 0. The van der Waals surface area contributed by atoms with Crippen LogP contribution in [-0.4, -0.2) is 19.8 Å². The minimum Gasteiger partial charge on any atom is -0.482 e. The molecule has 0 bridgehead atoms. The fourth-order valence-electron chi connectivity index (χ4n) is 1.27. The Kier molecular flexibility index (Phi) is 5.15. The molecule has 5 heteroatoms. The molecular formula is C11H13BrF2O2. The molecule has 0 saturated carbocycles. The summed E-state index contributed by atoms with van der Waals surface area (Å²) >= 11 is 3.13. The van der Waals surface area contributed by atoms with Crippen LogP contribution in [0.2, 0.25) is 0 Å². The van der Waals surface area contributed by atoms with Crippen LogP contribution in [-0.2, 0) is 10.1 Å². The summed E-state index contributed by atoms with van der Waals surface area (Å²) < 4.78 is 36.9. The number of hydrogen-bond acceptors (Lipinski definition) is 2. The SMILES string of the molecule is COCC(C)Oc1c(F)cc(CBr)cc1F. The van der Waals surface area contributed by atoms with Crippen molar-refractivity contribution < 1.29 is 18.3 Å². The third-order valence-corrected chi connectivity index (χ3v) is 2.58. The van der Waals surface area contributed by atoms with Crippen LogP contribution in [0.15, 0.2) is 12.1 Å². The van der Waals surface area contributed by atoms with Gasteiger partial charge in [-0.05, 0) is 24.6 Å². The maximum Gasteiger partial charge on any atom is 0.191 e. The topological polar surface area (TPSA) is 18.5 Å². The maximum absolute atomic E-state index is 13.5. The third kappa shape index (κ3) is 3.42. The van der Waals surface area contributed by atoms with Crippen molar-refractivity contribution in [3.8, 4) is 5.75 Å². The standard InChI is InChI=1S/C11H13BrF2O2/c1-7(6-15-2)16-11-9(13)3-8(5-12)4-10(11)14/h3-4,7H,5-6H2,1-2H3. The van der Waals surface area contributed by atoms with Gasteiger partial charge in [0.2, 0.25) is 0 Å². The van der Waals surface area contributed by atoms with Crippen molar-refractivity contribution in [2.45, 2.75) is 18.4 Å². The Morgan fingerprint density at radius 1 is 1.31 bits per heavy atom. The van der Waals surface area contributed by atoms with E-state index in [2.05, 4.69) is 15.9 Å². The van der Waals surface area contributed by atoms with Gasteiger partial charge in [-0.3, -0.25) is 0 Å². The van der Waals surface area contributed by atoms with Crippen LogP contribution >= 0.6 is 15.9 Å². The highest BCUT2D eigenvalue weighted by atomic mass is 79.9. The lowest BCUT2D eigenvalue weighted by molar-refractivity contribution is 0.0862. The molecule has 0 aliphatic rings. The van der Waals surface area contributed by atoms with Crippen LogP contribution in [0.25, 0.3) is 0 Å². The van der Waals surface area contributed by atoms with E-state index >= 15 is 0 Å². The fourth-order valence-corrected chi connectivity index (χ4v) is 1.60. The van der Waals surface area contributed by atoms with Crippen LogP contribution < -0.4 is 4.74 Å². The molecule has 0 amide bonds. The summed E-state index contributed by atoms with van der Waals surface area (Å²) in [7, 11) is 1.50. The van der Waals surface area contributed by atoms with Gasteiger partial charge in [0, 0.05) is 12.4 Å². The summed E-state index contributed by atoms with van der Waals surface area (Å²) in [6.45, 7) is 1.96. The molecule has 0 aliphatic carbocycles. The number of benzene rings is 1. The summed E-state index contributed by atoms with van der Waals surface area (Å²) in [5, 5.41) is 0.398. The first-order valence-corrected chi connectivity index (χ1v) is 5.90. The van der Waals surface area contributed by atoms with Gasteiger partial charge in [-0.2, -0.15) is 0 Å². The van der Waals surface area contributed by atoms with Crippen LogP contribution in [0.3, 0.4) is 0 Å². The quantitative estimate of drug-likeness (QED) is 0.776. The molecule has 0 spiro atoms. The van der Waals surface area contributed by atoms with Crippen LogP contribution in [0.4, 0.5) is 8.78 Å². The number of methoxy groups -OCH3 is 1. The lowest BCUT2D eigenvalue weighted by Crippen LogP contribution is -2.19. The zero-order chi connectivity index (χ0) is 12.1. The second kappa shape index (κ2) is 6.15. The molecule has 0 aromatic heterocycles. The smallest absolute Gasteiger partial charge is 0.191 e. The van der Waals surface area contributed by atoms with Gasteiger partial charge in [0.25, 0.3) is 0 Å². The van der Waals surface area contributed by atoms with E-state index in [-0.39, 0.29) is 12.4 Å². The average Bonchev–Trinajstić information content (AvgIpc) is 2.23. The summed E-state index contributed by atoms with van der Waals surface area (Å²) in [6.07, 6.45) is -0.399. The van der Waals surface area contributed by atoms with Crippen molar-refractivity contribution in [1.29, 1.82) is 0 Å². The third-order valence-electron chi connectivity index (χ3n) is 1.93. The molecule has 0 N–H and O–H groups in total. The Labute approximate surface area is 102 Å². The second-order valence-electron chi connectivity index (χ2n) is 3.41. The number of halogens is 3. The van der Waals surface area contributed by atoms with Gasteiger partial charge in [-0.25, -0.2) is 8.78 Å². The summed E-state index contributed by atoms with van der Waals surface area (Å²) in [5.41, 5.74) is 0.529. The molecule has 1 aromatic rings. The van der Waals surface area contributed by atoms with Crippen molar-refractivity contribution in [3.05, 3.63) is 29.3 Å². The van der Waals surface area contributed by atoms with E-state index < -0.39 is 17.7 Å². The molecule has 1 atom stereocenters. The van der Waals surface area contributed by atoms with Crippen molar-refractivity contribution >= 4 is 15.9 Å². The average molecular weight is 295 g/mol. The van der Waals surface area contributed by atoms with Crippen molar-refractivity contribution in [2.24, 2.45) is 0 Å². The molecule has 1 unspecified atom stereocenters. The van der Waals surface area contributed by atoms with E-state index in [1.807, 2.05) is 0 Å². The lowest BCUT2D eigenvalue weighted by Gasteiger charge is -2.15. The molecule has 0 fully saturated rings. The van der Waals surface area contributed by atoms with E-state index in [1.165, 1.54) is 19.2 Å². The fraction of sp³-hybridized carbons (Fsp3) is 0.455. The lowest BCUT2D eigenvalue weighted by atomic mass is 10.2. The molecule has 2 nitrogen and oxygen atoms in total. The molecule has 16 heavy (non-hydrogen) atoms. The molecule has 90 valence electrons. The van der Waals surface area contributed by atoms with Crippen LogP contribution in [0.5, 0.6) is 5.75 Å². The van der Waals surface area contributed by atoms with E-state index in [0.717, 1.165) is 0 Å². The molecule has 0 aliphatic heterocycles. The van der Waals surface area contributed by atoms with Gasteiger partial charge in [-0.1, -0.05) is 15.9 Å². The first-order chi connectivity index (χ1) is 7.58. The zero-order valence-electron chi connectivity index (χ0n) is 9.10. The number of rotatable bonds is 5. The van der Waals surface area contributed by atoms with Gasteiger partial charge in [0.05, 0.1) is 6.61 Å². The van der Waals surface area contributed by atoms with Gasteiger partial charge in [0.1, 0.15) is 6.10 Å². The molecule has 0 saturated heterocycles. The Balaban J connectivity index is 2.87. The molecule has 0 radical (unpaired) electrons. The van der Waals surface area contributed by atoms with Gasteiger partial charge >= 0.3 is 0 Å². The first kappa shape index (κ1) is 13.4. The minimum absolute atomic E-state index is 0.277. The largest absolute Gasteiger partial charge is 0.482 e. The highest BCUT2D eigenvalue weighted by Gasteiger charge is 2.15. The Morgan fingerprint density at radius 2 is 1.88 bits per heavy atom. The Bertz CT molecular complexity index is 335. The van der Waals surface area contributed by atoms with Crippen molar-refractivity contribution in [2.75, 3.05) is 13.7 Å². The molecule has 1 rings (SSSR count). The normalized spacial score (nSPS) is 12.6. The van der Waals surface area contributed by atoms with Gasteiger partial charge in [-0.15, -0.1) is 0 Å². The number of ether oxygens (including phenoxy) is 2. The van der Waals surface area contributed by atoms with Crippen molar-refractivity contribution in [3.63, 3.8) is 0 Å². The summed E-state index contributed by atoms with van der Waals surface area (Å²) in [6, 6.07) is 2.49. The van der Waals surface area contributed by atoms with E-state index in [4.69, 9.17) is 9.47 Å². The highest BCUT2D eigenvalue weighted by Crippen LogP contribution is 2.25. The second-order valence-corrected chi connectivity index (χ2v) is 3.97. The Hall–Kier alpha value is -0.680. The predicted molar refractivity (Wildman–Crippen MR) is 61.0 cm³/mol.